The summed E-state index contributed by atoms with van der Waals surface area (Å²) in [4.78, 5) is 28.1. The molecule has 6 nitrogen and oxygen atoms in total. The highest BCUT2D eigenvalue weighted by atomic mass is 32.1. The molecule has 0 saturated heterocycles. The van der Waals surface area contributed by atoms with Crippen molar-refractivity contribution in [2.24, 2.45) is 0 Å². The van der Waals surface area contributed by atoms with Crippen molar-refractivity contribution in [3.8, 4) is 11.5 Å². The monoisotopic (exact) mass is 395 g/mol. The van der Waals surface area contributed by atoms with Crippen molar-refractivity contribution >= 4 is 28.3 Å². The van der Waals surface area contributed by atoms with E-state index in [9.17, 15) is 9.59 Å². The highest BCUT2D eigenvalue weighted by molar-refractivity contribution is 7.13. The van der Waals surface area contributed by atoms with Gasteiger partial charge < -0.3 is 15.4 Å². The van der Waals surface area contributed by atoms with Gasteiger partial charge in [0.15, 0.2) is 5.13 Å². The minimum absolute atomic E-state index is 0.0975. The van der Waals surface area contributed by atoms with E-state index in [2.05, 4.69) is 15.6 Å². The highest BCUT2D eigenvalue weighted by Gasteiger charge is 2.15. The molecule has 2 aromatic carbocycles. The van der Waals surface area contributed by atoms with Crippen molar-refractivity contribution in [2.75, 3.05) is 5.32 Å². The van der Waals surface area contributed by atoms with Crippen LogP contribution in [0.25, 0.3) is 0 Å². The van der Waals surface area contributed by atoms with Gasteiger partial charge in [0.25, 0.3) is 0 Å². The van der Waals surface area contributed by atoms with Crippen LogP contribution < -0.4 is 15.4 Å². The predicted molar refractivity (Wildman–Crippen MR) is 109 cm³/mol. The third kappa shape index (κ3) is 5.65. The fourth-order valence-electron chi connectivity index (χ4n) is 2.63. The van der Waals surface area contributed by atoms with Crippen molar-refractivity contribution in [3.63, 3.8) is 0 Å². The maximum absolute atomic E-state index is 12.3. The van der Waals surface area contributed by atoms with Gasteiger partial charge in [-0.1, -0.05) is 36.4 Å². The number of hydrogen-bond donors (Lipinski definition) is 2. The molecular formula is C21H21N3O3S. The summed E-state index contributed by atoms with van der Waals surface area (Å²) < 4.78 is 5.95. The number of benzene rings is 2. The zero-order valence-electron chi connectivity index (χ0n) is 15.4. The number of carbonyl (C=O) groups is 2. The van der Waals surface area contributed by atoms with E-state index in [-0.39, 0.29) is 30.7 Å². The Morgan fingerprint density at radius 1 is 1.04 bits per heavy atom. The Labute approximate surface area is 167 Å². The molecule has 0 saturated carbocycles. The van der Waals surface area contributed by atoms with Gasteiger partial charge in [-0.25, -0.2) is 4.98 Å². The largest absolute Gasteiger partial charge is 0.457 e. The summed E-state index contributed by atoms with van der Waals surface area (Å²) in [6, 6.07) is 16.8. The van der Waals surface area contributed by atoms with E-state index in [0.717, 1.165) is 11.3 Å². The molecule has 7 heteroatoms. The molecule has 0 bridgehead atoms. The predicted octanol–water partition coefficient (Wildman–Crippen LogP) is 4.53. The number of para-hydroxylation sites is 2. The van der Waals surface area contributed by atoms with Crippen LogP contribution in [-0.4, -0.2) is 16.8 Å². The summed E-state index contributed by atoms with van der Waals surface area (Å²) in [5.74, 6) is 0.984. The highest BCUT2D eigenvalue weighted by Crippen LogP contribution is 2.29. The molecule has 3 aromatic rings. The molecule has 2 amide bonds. The van der Waals surface area contributed by atoms with Crippen molar-refractivity contribution < 1.29 is 14.3 Å². The van der Waals surface area contributed by atoms with Crippen LogP contribution in [0.5, 0.6) is 11.5 Å². The first-order valence-electron chi connectivity index (χ1n) is 8.92. The number of carbonyl (C=O) groups excluding carboxylic acids is 2. The topological polar surface area (TPSA) is 80.3 Å². The molecule has 1 heterocycles. The second-order valence-corrected chi connectivity index (χ2v) is 7.02. The van der Waals surface area contributed by atoms with Crippen molar-refractivity contribution in [3.05, 3.63) is 71.7 Å². The summed E-state index contributed by atoms with van der Waals surface area (Å²) in [5.41, 5.74) is 0.868. The molecule has 28 heavy (non-hydrogen) atoms. The van der Waals surface area contributed by atoms with E-state index in [4.69, 9.17) is 4.74 Å². The molecule has 3 rings (SSSR count). The van der Waals surface area contributed by atoms with E-state index >= 15 is 0 Å². The van der Waals surface area contributed by atoms with Crippen molar-refractivity contribution in [1.29, 1.82) is 0 Å². The lowest BCUT2D eigenvalue weighted by molar-refractivity contribution is -0.124. The fraction of sp³-hybridized carbons (Fsp3) is 0.190. The lowest BCUT2D eigenvalue weighted by Crippen LogP contribution is -2.27. The summed E-state index contributed by atoms with van der Waals surface area (Å²) in [7, 11) is 0. The normalized spacial score (nSPS) is 11.5. The molecule has 0 aliphatic carbocycles. The fourth-order valence-corrected chi connectivity index (χ4v) is 3.18. The average Bonchev–Trinajstić information content (AvgIpc) is 3.20. The van der Waals surface area contributed by atoms with Gasteiger partial charge in [0.1, 0.15) is 11.5 Å². The average molecular weight is 395 g/mol. The van der Waals surface area contributed by atoms with Crippen molar-refractivity contribution in [2.45, 2.75) is 25.8 Å². The Morgan fingerprint density at radius 2 is 1.75 bits per heavy atom. The van der Waals surface area contributed by atoms with Crippen LogP contribution in [0, 0.1) is 0 Å². The number of amides is 2. The Morgan fingerprint density at radius 3 is 2.50 bits per heavy atom. The van der Waals surface area contributed by atoms with Crippen molar-refractivity contribution in [1.82, 2.24) is 10.3 Å². The van der Waals surface area contributed by atoms with Gasteiger partial charge in [-0.05, 0) is 25.1 Å². The van der Waals surface area contributed by atoms with Gasteiger partial charge >= 0.3 is 0 Å². The number of hydrogen-bond acceptors (Lipinski definition) is 5. The van der Waals surface area contributed by atoms with Crippen LogP contribution in [0.15, 0.2) is 66.2 Å². The third-order valence-electron chi connectivity index (χ3n) is 3.99. The van der Waals surface area contributed by atoms with Crippen LogP contribution in [0.1, 0.15) is 31.4 Å². The SMILES string of the molecule is CC(NC(=O)CCC(=O)Nc1nccs1)c1ccccc1Oc1ccccc1. The summed E-state index contributed by atoms with van der Waals surface area (Å²) in [5, 5.41) is 7.90. The summed E-state index contributed by atoms with van der Waals surface area (Å²) >= 11 is 1.34. The number of aromatic nitrogens is 1. The Kier molecular flexibility index (Phi) is 6.75. The molecule has 144 valence electrons. The smallest absolute Gasteiger partial charge is 0.226 e. The maximum atomic E-state index is 12.3. The number of rotatable bonds is 8. The second-order valence-electron chi connectivity index (χ2n) is 6.13. The zero-order valence-corrected chi connectivity index (χ0v) is 16.2. The van der Waals surface area contributed by atoms with Gasteiger partial charge in [-0.2, -0.15) is 0 Å². The second kappa shape index (κ2) is 9.66. The zero-order chi connectivity index (χ0) is 19.8. The number of nitrogens with one attached hydrogen (secondary N) is 2. The Balaban J connectivity index is 1.54. The van der Waals surface area contributed by atoms with Gasteiger partial charge in [-0.3, -0.25) is 9.59 Å². The third-order valence-corrected chi connectivity index (χ3v) is 4.68. The standard InChI is InChI=1S/C21H21N3O3S/c1-15(23-19(25)11-12-20(26)24-21-22-13-14-28-21)17-9-5-6-10-18(17)27-16-7-3-2-4-8-16/h2-10,13-15H,11-12H2,1H3,(H,23,25)(H,22,24,26). The number of nitrogens with zero attached hydrogens (tertiary/aromatic N) is 1. The van der Waals surface area contributed by atoms with E-state index in [1.807, 2.05) is 61.5 Å². The van der Waals surface area contributed by atoms with Crippen LogP contribution in [-0.2, 0) is 9.59 Å². The lowest BCUT2D eigenvalue weighted by atomic mass is 10.1. The molecule has 0 fully saturated rings. The lowest BCUT2D eigenvalue weighted by Gasteiger charge is -2.18. The quantitative estimate of drug-likeness (QED) is 0.587. The van der Waals surface area contributed by atoms with Crippen LogP contribution in [0.4, 0.5) is 5.13 Å². The number of ether oxygens (including phenoxy) is 1. The summed E-state index contributed by atoms with van der Waals surface area (Å²) in [6.07, 6.45) is 1.81. The molecule has 0 spiro atoms. The molecule has 2 N–H and O–H groups in total. The molecule has 1 atom stereocenters. The molecule has 0 radical (unpaired) electrons. The Bertz CT molecular complexity index is 914. The number of anilines is 1. The number of thiazole rings is 1. The molecular weight excluding hydrogens is 374 g/mol. The molecule has 0 aliphatic rings. The first-order valence-corrected chi connectivity index (χ1v) is 9.80. The van der Waals surface area contributed by atoms with E-state index in [1.54, 1.807) is 11.6 Å². The van der Waals surface area contributed by atoms with Crippen LogP contribution in [0.2, 0.25) is 0 Å². The molecule has 0 aliphatic heterocycles. The minimum atomic E-state index is -0.255. The minimum Gasteiger partial charge on any atom is -0.457 e. The van der Waals surface area contributed by atoms with Gasteiger partial charge in [0.2, 0.25) is 11.8 Å². The Hall–Kier alpha value is -3.19. The van der Waals surface area contributed by atoms with Gasteiger partial charge in [0, 0.05) is 30.0 Å². The molecule has 1 aromatic heterocycles. The summed E-state index contributed by atoms with van der Waals surface area (Å²) in [6.45, 7) is 1.89. The van der Waals surface area contributed by atoms with E-state index in [1.165, 1.54) is 11.3 Å². The van der Waals surface area contributed by atoms with Gasteiger partial charge in [-0.15, -0.1) is 11.3 Å². The maximum Gasteiger partial charge on any atom is 0.226 e. The first-order chi connectivity index (χ1) is 13.6. The van der Waals surface area contributed by atoms with E-state index < -0.39 is 0 Å². The molecule has 1 unspecified atom stereocenters. The van der Waals surface area contributed by atoms with Crippen LogP contribution in [0.3, 0.4) is 0 Å². The van der Waals surface area contributed by atoms with Crippen LogP contribution >= 0.6 is 11.3 Å². The first kappa shape index (κ1) is 19.6. The van der Waals surface area contributed by atoms with Gasteiger partial charge in [0.05, 0.1) is 6.04 Å². The van der Waals surface area contributed by atoms with E-state index in [0.29, 0.717) is 10.9 Å².